The van der Waals surface area contributed by atoms with Gasteiger partial charge in [-0.2, -0.15) is 0 Å². The maximum Gasteiger partial charge on any atom is 0.123 e. The lowest BCUT2D eigenvalue weighted by atomic mass is 9.57. The first-order chi connectivity index (χ1) is 7.22. The van der Waals surface area contributed by atoms with Gasteiger partial charge in [-0.05, 0) is 48.9 Å². The van der Waals surface area contributed by atoms with Crippen LogP contribution in [-0.2, 0) is 11.8 Å². The summed E-state index contributed by atoms with van der Waals surface area (Å²) in [4.78, 5) is 0. The number of fused-ring (bicyclic) bond motifs is 2. The topological polar surface area (TPSA) is 20.2 Å². The van der Waals surface area contributed by atoms with E-state index in [-0.39, 0.29) is 17.3 Å². The molecule has 0 aromatic heterocycles. The second kappa shape index (κ2) is 3.05. The van der Waals surface area contributed by atoms with Gasteiger partial charge in [0.2, 0.25) is 0 Å². The molecule has 1 saturated carbocycles. The zero-order chi connectivity index (χ0) is 10.5. The minimum absolute atomic E-state index is 0.0265. The monoisotopic (exact) mass is 206 g/mol. The van der Waals surface area contributed by atoms with E-state index >= 15 is 0 Å². The average Bonchev–Trinajstić information content (AvgIpc) is 2.15. The Morgan fingerprint density at radius 1 is 1.33 bits per heavy atom. The Labute approximate surface area is 88.9 Å². The SMILES string of the molecule is OC1CCc2cc(F)ccc2C12CCC2. The van der Waals surface area contributed by atoms with E-state index in [0.29, 0.717) is 0 Å². The van der Waals surface area contributed by atoms with Gasteiger partial charge in [0, 0.05) is 5.41 Å². The number of benzene rings is 1. The van der Waals surface area contributed by atoms with Crippen LogP contribution >= 0.6 is 0 Å². The summed E-state index contributed by atoms with van der Waals surface area (Å²) >= 11 is 0. The van der Waals surface area contributed by atoms with Crippen LogP contribution in [0.4, 0.5) is 4.39 Å². The quantitative estimate of drug-likeness (QED) is 0.691. The third-order valence-electron chi connectivity index (χ3n) is 4.17. The van der Waals surface area contributed by atoms with E-state index in [1.165, 1.54) is 18.1 Å². The smallest absolute Gasteiger partial charge is 0.123 e. The van der Waals surface area contributed by atoms with Crippen molar-refractivity contribution in [2.45, 2.75) is 43.6 Å². The molecule has 2 heteroatoms. The van der Waals surface area contributed by atoms with Crippen molar-refractivity contribution < 1.29 is 9.50 Å². The zero-order valence-electron chi connectivity index (χ0n) is 8.67. The molecule has 1 aromatic carbocycles. The van der Waals surface area contributed by atoms with E-state index < -0.39 is 0 Å². The average molecular weight is 206 g/mol. The second-order valence-electron chi connectivity index (χ2n) is 4.87. The fourth-order valence-electron chi connectivity index (χ4n) is 3.16. The number of hydrogen-bond acceptors (Lipinski definition) is 1. The molecular weight excluding hydrogens is 191 g/mol. The van der Waals surface area contributed by atoms with Crippen LogP contribution in [0.1, 0.15) is 36.8 Å². The molecule has 1 N–H and O–H groups in total. The van der Waals surface area contributed by atoms with Crippen molar-refractivity contribution in [2.24, 2.45) is 0 Å². The highest BCUT2D eigenvalue weighted by Gasteiger charge is 2.47. The highest BCUT2D eigenvalue weighted by molar-refractivity contribution is 5.40. The third-order valence-corrected chi connectivity index (χ3v) is 4.17. The van der Waals surface area contributed by atoms with Crippen LogP contribution in [0.2, 0.25) is 0 Å². The van der Waals surface area contributed by atoms with Crippen molar-refractivity contribution >= 4 is 0 Å². The van der Waals surface area contributed by atoms with Crippen molar-refractivity contribution in [1.29, 1.82) is 0 Å². The summed E-state index contributed by atoms with van der Waals surface area (Å²) in [5.41, 5.74) is 2.29. The second-order valence-corrected chi connectivity index (χ2v) is 4.87. The van der Waals surface area contributed by atoms with Gasteiger partial charge in [-0.1, -0.05) is 12.5 Å². The van der Waals surface area contributed by atoms with Gasteiger partial charge in [0.1, 0.15) is 5.82 Å². The van der Waals surface area contributed by atoms with Crippen molar-refractivity contribution in [1.82, 2.24) is 0 Å². The number of hydrogen-bond donors (Lipinski definition) is 1. The van der Waals surface area contributed by atoms with Crippen molar-refractivity contribution in [2.75, 3.05) is 0 Å². The van der Waals surface area contributed by atoms with Gasteiger partial charge in [0.05, 0.1) is 6.10 Å². The lowest BCUT2D eigenvalue weighted by Crippen LogP contribution is -2.48. The molecule has 15 heavy (non-hydrogen) atoms. The number of rotatable bonds is 0. The van der Waals surface area contributed by atoms with Gasteiger partial charge in [-0.25, -0.2) is 4.39 Å². The fourth-order valence-corrected chi connectivity index (χ4v) is 3.16. The van der Waals surface area contributed by atoms with Crippen LogP contribution in [0.15, 0.2) is 18.2 Å². The molecule has 0 bridgehead atoms. The van der Waals surface area contributed by atoms with Crippen LogP contribution in [0, 0.1) is 5.82 Å². The third kappa shape index (κ3) is 1.18. The minimum Gasteiger partial charge on any atom is -0.392 e. The summed E-state index contributed by atoms with van der Waals surface area (Å²) in [7, 11) is 0. The van der Waals surface area contributed by atoms with Gasteiger partial charge >= 0.3 is 0 Å². The van der Waals surface area contributed by atoms with Crippen LogP contribution in [0.25, 0.3) is 0 Å². The molecule has 0 amide bonds. The van der Waals surface area contributed by atoms with Gasteiger partial charge in [-0.15, -0.1) is 0 Å². The van der Waals surface area contributed by atoms with E-state index in [1.807, 2.05) is 6.07 Å². The Kier molecular flexibility index (Phi) is 1.90. The summed E-state index contributed by atoms with van der Waals surface area (Å²) in [6, 6.07) is 5.05. The van der Waals surface area contributed by atoms with E-state index in [2.05, 4.69) is 0 Å². The molecule has 0 radical (unpaired) electrons. The summed E-state index contributed by atoms with van der Waals surface area (Å²) < 4.78 is 13.1. The minimum atomic E-state index is -0.218. The fraction of sp³-hybridized carbons (Fsp3) is 0.538. The number of halogens is 1. The molecule has 1 aromatic rings. The maximum absolute atomic E-state index is 13.1. The van der Waals surface area contributed by atoms with Crippen LogP contribution in [0.3, 0.4) is 0 Å². The highest BCUT2D eigenvalue weighted by atomic mass is 19.1. The largest absolute Gasteiger partial charge is 0.392 e. The Morgan fingerprint density at radius 2 is 2.13 bits per heavy atom. The predicted octanol–water partition coefficient (Wildman–Crippen LogP) is 2.55. The Hall–Kier alpha value is -0.890. The first-order valence-electron chi connectivity index (χ1n) is 5.69. The molecule has 0 saturated heterocycles. The summed E-state index contributed by atoms with van der Waals surface area (Å²) in [5.74, 6) is -0.153. The summed E-state index contributed by atoms with van der Waals surface area (Å²) in [5, 5.41) is 10.1. The summed E-state index contributed by atoms with van der Waals surface area (Å²) in [6.45, 7) is 0. The lowest BCUT2D eigenvalue weighted by Gasteiger charge is -2.49. The molecule has 0 aliphatic heterocycles. The van der Waals surface area contributed by atoms with E-state index in [1.54, 1.807) is 6.07 Å². The number of aryl methyl sites for hydroxylation is 1. The standard InChI is InChI=1S/C13H15FO/c14-10-3-4-11-9(8-10)2-5-12(15)13(11)6-1-7-13/h3-4,8,12,15H,1-2,5-7H2. The Balaban J connectivity index is 2.12. The van der Waals surface area contributed by atoms with Crippen molar-refractivity contribution in [3.05, 3.63) is 35.1 Å². The van der Waals surface area contributed by atoms with Gasteiger partial charge < -0.3 is 5.11 Å². The molecule has 80 valence electrons. The molecule has 3 rings (SSSR count). The summed E-state index contributed by atoms with van der Waals surface area (Å²) in [6.07, 6.45) is 4.70. The van der Waals surface area contributed by atoms with E-state index in [0.717, 1.165) is 31.2 Å². The van der Waals surface area contributed by atoms with Gasteiger partial charge in [0.25, 0.3) is 0 Å². The van der Waals surface area contributed by atoms with Crippen LogP contribution < -0.4 is 0 Å². The first kappa shape index (κ1) is 9.34. The molecule has 2 aliphatic carbocycles. The van der Waals surface area contributed by atoms with Crippen molar-refractivity contribution in [3.8, 4) is 0 Å². The molecule has 0 heterocycles. The highest BCUT2D eigenvalue weighted by Crippen LogP contribution is 2.51. The van der Waals surface area contributed by atoms with Crippen LogP contribution in [-0.4, -0.2) is 11.2 Å². The molecule has 1 nitrogen and oxygen atoms in total. The van der Waals surface area contributed by atoms with Crippen LogP contribution in [0.5, 0.6) is 0 Å². The molecule has 1 spiro atoms. The molecular formula is C13H15FO. The number of aliphatic hydroxyl groups is 1. The zero-order valence-corrected chi connectivity index (χ0v) is 8.67. The van der Waals surface area contributed by atoms with E-state index in [4.69, 9.17) is 0 Å². The molecule has 1 atom stereocenters. The Morgan fingerprint density at radius 3 is 2.80 bits per heavy atom. The Bertz CT molecular complexity index is 396. The van der Waals surface area contributed by atoms with Gasteiger partial charge in [0.15, 0.2) is 0 Å². The first-order valence-corrected chi connectivity index (χ1v) is 5.69. The maximum atomic E-state index is 13.1. The molecule has 1 unspecified atom stereocenters. The molecule has 1 fully saturated rings. The number of aliphatic hydroxyl groups excluding tert-OH is 1. The predicted molar refractivity (Wildman–Crippen MR) is 56.3 cm³/mol. The van der Waals surface area contributed by atoms with Gasteiger partial charge in [-0.3, -0.25) is 0 Å². The normalized spacial score (nSPS) is 27.2. The van der Waals surface area contributed by atoms with E-state index in [9.17, 15) is 9.50 Å². The molecule has 2 aliphatic rings. The lowest BCUT2D eigenvalue weighted by molar-refractivity contribution is 0.0143. The van der Waals surface area contributed by atoms with Crippen molar-refractivity contribution in [3.63, 3.8) is 0 Å².